The molecule has 1 amide bonds. The Balaban J connectivity index is 1.75. The van der Waals surface area contributed by atoms with Crippen molar-refractivity contribution in [3.8, 4) is 22.6 Å². The number of carbonyl (C=O) groups excluding carboxylic acids is 1. The Morgan fingerprint density at radius 3 is 2.67 bits per heavy atom. The van der Waals surface area contributed by atoms with E-state index in [1.54, 1.807) is 25.5 Å². The van der Waals surface area contributed by atoms with E-state index >= 15 is 0 Å². The third-order valence-electron chi connectivity index (χ3n) is 5.28. The molecular weight excluding hydrogens is 416 g/mol. The molecule has 0 spiro atoms. The van der Waals surface area contributed by atoms with E-state index in [1.807, 2.05) is 69.3 Å². The van der Waals surface area contributed by atoms with E-state index in [0.29, 0.717) is 23.8 Å². The zero-order chi connectivity index (χ0) is 23.4. The molecule has 0 fully saturated rings. The third kappa shape index (κ3) is 4.75. The van der Waals surface area contributed by atoms with Crippen molar-refractivity contribution in [2.75, 3.05) is 19.0 Å². The van der Waals surface area contributed by atoms with E-state index in [-0.39, 0.29) is 5.91 Å². The molecule has 1 N–H and O–H groups in total. The van der Waals surface area contributed by atoms with Crippen molar-refractivity contribution in [3.05, 3.63) is 78.2 Å². The first-order valence-electron chi connectivity index (χ1n) is 10.7. The number of hydrogen-bond donors (Lipinski definition) is 1. The predicted octanol–water partition coefficient (Wildman–Crippen LogP) is 6.25. The highest BCUT2D eigenvalue weighted by Crippen LogP contribution is 2.40. The van der Waals surface area contributed by atoms with Gasteiger partial charge in [0.25, 0.3) is 0 Å². The number of allylic oxidation sites excluding steroid dienone is 1. The Labute approximate surface area is 192 Å². The molecule has 4 aromatic rings. The number of para-hydroxylation sites is 1. The fourth-order valence-electron chi connectivity index (χ4n) is 3.76. The van der Waals surface area contributed by atoms with E-state index in [1.165, 1.54) is 0 Å². The van der Waals surface area contributed by atoms with Gasteiger partial charge in [-0.2, -0.15) is 0 Å². The van der Waals surface area contributed by atoms with Gasteiger partial charge in [0.15, 0.2) is 0 Å². The highest BCUT2D eigenvalue weighted by atomic mass is 16.5. The summed E-state index contributed by atoms with van der Waals surface area (Å²) in [6.45, 7) is 6.18. The first-order chi connectivity index (χ1) is 16.0. The van der Waals surface area contributed by atoms with Crippen LogP contribution in [0.3, 0.4) is 0 Å². The first kappa shape index (κ1) is 22.1. The minimum Gasteiger partial charge on any atom is -0.496 e. The van der Waals surface area contributed by atoms with E-state index in [0.717, 1.165) is 39.1 Å². The standard InChI is InChI=1S/C27H26N2O4/c1-5-32-24-15-25-21(22(16-33-25)19-10-6-7-11-23(19)31-4)14-20(24)17(2)13-27(30)29-26-12-8-9-18(3)28-26/h6-16H,5H2,1-4H3,(H,28,29,30)/b17-13+. The smallest absolute Gasteiger partial charge is 0.249 e. The van der Waals surface area contributed by atoms with E-state index in [4.69, 9.17) is 13.9 Å². The van der Waals surface area contributed by atoms with Gasteiger partial charge in [-0.05, 0) is 50.6 Å². The maximum atomic E-state index is 12.7. The van der Waals surface area contributed by atoms with Crippen molar-refractivity contribution >= 4 is 28.3 Å². The lowest BCUT2D eigenvalue weighted by Crippen LogP contribution is -2.10. The number of pyridine rings is 1. The zero-order valence-corrected chi connectivity index (χ0v) is 19.1. The molecule has 0 aliphatic carbocycles. The number of ether oxygens (including phenoxy) is 2. The Morgan fingerprint density at radius 1 is 1.09 bits per heavy atom. The number of amides is 1. The minimum absolute atomic E-state index is 0.259. The number of fused-ring (bicyclic) bond motifs is 1. The molecule has 0 saturated heterocycles. The highest BCUT2D eigenvalue weighted by Gasteiger charge is 2.17. The van der Waals surface area contributed by atoms with Crippen LogP contribution in [0.5, 0.6) is 11.5 Å². The molecule has 0 aliphatic rings. The minimum atomic E-state index is -0.259. The number of furan rings is 1. The fourth-order valence-corrected chi connectivity index (χ4v) is 3.76. The largest absolute Gasteiger partial charge is 0.496 e. The summed E-state index contributed by atoms with van der Waals surface area (Å²) in [5.41, 5.74) is 4.95. The third-order valence-corrected chi connectivity index (χ3v) is 5.28. The van der Waals surface area contributed by atoms with Crippen molar-refractivity contribution < 1.29 is 18.7 Å². The number of hydrogen-bond acceptors (Lipinski definition) is 5. The van der Waals surface area contributed by atoms with Gasteiger partial charge in [0.1, 0.15) is 22.9 Å². The predicted molar refractivity (Wildman–Crippen MR) is 131 cm³/mol. The average Bonchev–Trinajstić information content (AvgIpc) is 3.21. The van der Waals surface area contributed by atoms with Crippen molar-refractivity contribution in [1.82, 2.24) is 4.98 Å². The van der Waals surface area contributed by atoms with Gasteiger partial charge in [-0.15, -0.1) is 0 Å². The summed E-state index contributed by atoms with van der Waals surface area (Å²) in [6, 6.07) is 17.1. The van der Waals surface area contributed by atoms with E-state index < -0.39 is 0 Å². The van der Waals surface area contributed by atoms with Gasteiger partial charge in [0.2, 0.25) is 5.91 Å². The van der Waals surface area contributed by atoms with Crippen LogP contribution in [0.25, 0.3) is 27.7 Å². The molecule has 2 aromatic carbocycles. The molecule has 6 heteroatoms. The van der Waals surface area contributed by atoms with Gasteiger partial charge in [-0.25, -0.2) is 4.98 Å². The molecule has 0 aliphatic heterocycles. The van der Waals surface area contributed by atoms with Gasteiger partial charge in [-0.1, -0.05) is 24.3 Å². The number of rotatable bonds is 7. The molecule has 6 nitrogen and oxygen atoms in total. The Hall–Kier alpha value is -4.06. The van der Waals surface area contributed by atoms with Gasteiger partial charge in [-0.3, -0.25) is 4.79 Å². The fraction of sp³-hybridized carbons (Fsp3) is 0.185. The quantitative estimate of drug-likeness (QED) is 0.342. The van der Waals surface area contributed by atoms with Gasteiger partial charge in [0, 0.05) is 39.9 Å². The summed E-state index contributed by atoms with van der Waals surface area (Å²) in [6.07, 6.45) is 3.27. The molecule has 0 radical (unpaired) electrons. The maximum Gasteiger partial charge on any atom is 0.249 e. The number of nitrogens with one attached hydrogen (secondary N) is 1. The number of carbonyl (C=O) groups is 1. The van der Waals surface area contributed by atoms with Crippen molar-refractivity contribution in [2.45, 2.75) is 20.8 Å². The van der Waals surface area contributed by atoms with E-state index in [9.17, 15) is 4.79 Å². The van der Waals surface area contributed by atoms with E-state index in [2.05, 4.69) is 10.3 Å². The summed E-state index contributed by atoms with van der Waals surface area (Å²) >= 11 is 0. The van der Waals surface area contributed by atoms with Crippen LogP contribution in [0, 0.1) is 6.92 Å². The molecule has 2 aromatic heterocycles. The average molecular weight is 443 g/mol. The van der Waals surface area contributed by atoms with Crippen LogP contribution in [0.4, 0.5) is 5.82 Å². The summed E-state index contributed by atoms with van der Waals surface area (Å²) < 4.78 is 17.3. The molecule has 0 saturated carbocycles. The highest BCUT2D eigenvalue weighted by molar-refractivity contribution is 6.05. The zero-order valence-electron chi connectivity index (χ0n) is 19.1. The molecular formula is C27H26N2O4. The second-order valence-corrected chi connectivity index (χ2v) is 7.61. The molecule has 0 atom stereocenters. The van der Waals surface area contributed by atoms with Crippen LogP contribution >= 0.6 is 0 Å². The number of aryl methyl sites for hydroxylation is 1. The van der Waals surface area contributed by atoms with Crippen molar-refractivity contribution in [3.63, 3.8) is 0 Å². The number of methoxy groups -OCH3 is 1. The number of benzene rings is 2. The van der Waals surface area contributed by atoms with Crippen LogP contribution in [0.1, 0.15) is 25.1 Å². The second-order valence-electron chi connectivity index (χ2n) is 7.61. The first-order valence-corrected chi connectivity index (χ1v) is 10.7. The van der Waals surface area contributed by atoms with Gasteiger partial charge >= 0.3 is 0 Å². The Morgan fingerprint density at radius 2 is 1.91 bits per heavy atom. The summed E-state index contributed by atoms with van der Waals surface area (Å²) in [7, 11) is 1.65. The van der Waals surface area contributed by atoms with Crippen LogP contribution < -0.4 is 14.8 Å². The molecule has 168 valence electrons. The lowest BCUT2D eigenvalue weighted by Gasteiger charge is -2.12. The SMILES string of the molecule is CCOc1cc2occ(-c3ccccc3OC)c2cc1/C(C)=C/C(=O)Nc1cccc(C)n1. The molecule has 2 heterocycles. The second kappa shape index (κ2) is 9.61. The summed E-state index contributed by atoms with van der Waals surface area (Å²) in [5.74, 6) is 1.66. The monoisotopic (exact) mass is 442 g/mol. The molecule has 0 bridgehead atoms. The normalized spacial score (nSPS) is 11.5. The summed E-state index contributed by atoms with van der Waals surface area (Å²) in [4.78, 5) is 17.0. The van der Waals surface area contributed by atoms with Crippen LogP contribution in [-0.2, 0) is 4.79 Å². The maximum absolute atomic E-state index is 12.7. The van der Waals surface area contributed by atoms with Crippen LogP contribution in [0.2, 0.25) is 0 Å². The summed E-state index contributed by atoms with van der Waals surface area (Å²) in [5, 5.41) is 3.73. The van der Waals surface area contributed by atoms with Crippen molar-refractivity contribution in [2.24, 2.45) is 0 Å². The topological polar surface area (TPSA) is 73.6 Å². The Bertz CT molecular complexity index is 1340. The number of aromatic nitrogens is 1. The lowest BCUT2D eigenvalue weighted by molar-refractivity contribution is -0.111. The molecule has 0 unspecified atom stereocenters. The number of anilines is 1. The molecule has 33 heavy (non-hydrogen) atoms. The number of nitrogens with zero attached hydrogens (tertiary/aromatic N) is 1. The lowest BCUT2D eigenvalue weighted by atomic mass is 9.98. The van der Waals surface area contributed by atoms with Crippen LogP contribution in [-0.4, -0.2) is 24.6 Å². The molecule has 4 rings (SSSR count). The van der Waals surface area contributed by atoms with Crippen molar-refractivity contribution in [1.29, 1.82) is 0 Å². The Kier molecular flexibility index (Phi) is 6.45. The van der Waals surface area contributed by atoms with Crippen LogP contribution in [0.15, 0.2) is 71.4 Å². The van der Waals surface area contributed by atoms with Gasteiger partial charge < -0.3 is 19.2 Å². The van der Waals surface area contributed by atoms with Gasteiger partial charge in [0.05, 0.1) is 20.0 Å².